The average Bonchev–Trinajstić information content (AvgIpc) is 3.23. The van der Waals surface area contributed by atoms with Gasteiger partial charge in [-0.2, -0.15) is 5.10 Å². The van der Waals surface area contributed by atoms with Crippen LogP contribution in [0.4, 0.5) is 0 Å². The van der Waals surface area contributed by atoms with E-state index in [1.807, 2.05) is 45.2 Å². The molecule has 0 radical (unpaired) electrons. The highest BCUT2D eigenvalue weighted by Gasteiger charge is 2.37. The number of hydrogen-bond donors (Lipinski definition) is 1. The number of nitrogens with one attached hydrogen (secondary N) is 1. The Labute approximate surface area is 199 Å². The number of thiazole rings is 1. The van der Waals surface area contributed by atoms with Gasteiger partial charge in [0.05, 0.1) is 40.4 Å². The molecular formula is C23H26N6O2S2. The van der Waals surface area contributed by atoms with E-state index in [2.05, 4.69) is 21.7 Å². The highest BCUT2D eigenvalue weighted by Crippen LogP contribution is 2.37. The zero-order valence-electron chi connectivity index (χ0n) is 19.1. The molecule has 0 unspecified atom stereocenters. The topological polar surface area (TPSA) is 86.7 Å². The fourth-order valence-electron chi connectivity index (χ4n) is 3.84. The fraction of sp³-hybridized carbons (Fsp3) is 0.391. The molecule has 1 aliphatic rings. The zero-order valence-corrected chi connectivity index (χ0v) is 20.7. The van der Waals surface area contributed by atoms with Crippen molar-refractivity contribution in [3.8, 4) is 0 Å². The van der Waals surface area contributed by atoms with Gasteiger partial charge < -0.3 is 0 Å². The van der Waals surface area contributed by atoms with Crippen LogP contribution in [0.5, 0.6) is 0 Å². The Hall–Kier alpha value is -2.69. The van der Waals surface area contributed by atoms with E-state index in [9.17, 15) is 9.59 Å². The van der Waals surface area contributed by atoms with Crippen molar-refractivity contribution in [1.29, 1.82) is 0 Å². The standard InChI is InChI=1S/C23H26N6O2S2/c1-14-9-16(27(4)25-14)12-28-20-6-5-17(33-26-23(3)7-8-23)10-19(20)21(30)29(22(28)31)13-18-11-24-15(2)32-18/h5-6,9-11,26H,7-8,12-13H2,1-4H3. The summed E-state index contributed by atoms with van der Waals surface area (Å²) in [6, 6.07) is 7.69. The SMILES string of the molecule is Cc1cc(Cn2c(=O)n(Cc3cnc(C)s3)c(=O)c3cc(SNC4(C)CC4)ccc32)n(C)n1. The second-order valence-electron chi connectivity index (χ2n) is 8.95. The van der Waals surface area contributed by atoms with E-state index in [1.165, 1.54) is 27.9 Å². The minimum atomic E-state index is -0.332. The molecule has 0 spiro atoms. The average molecular weight is 483 g/mol. The lowest BCUT2D eigenvalue weighted by atomic mass is 10.2. The van der Waals surface area contributed by atoms with Crippen molar-refractivity contribution in [2.45, 2.75) is 57.1 Å². The lowest BCUT2D eigenvalue weighted by Gasteiger charge is -2.15. The van der Waals surface area contributed by atoms with Gasteiger partial charge in [-0.15, -0.1) is 11.3 Å². The summed E-state index contributed by atoms with van der Waals surface area (Å²) in [6.07, 6.45) is 4.04. The van der Waals surface area contributed by atoms with Crippen LogP contribution in [0.15, 0.2) is 44.9 Å². The molecule has 0 bridgehead atoms. The number of aromatic nitrogens is 5. The summed E-state index contributed by atoms with van der Waals surface area (Å²) >= 11 is 3.03. The summed E-state index contributed by atoms with van der Waals surface area (Å²) in [4.78, 5) is 33.1. The molecule has 1 N–H and O–H groups in total. The second kappa shape index (κ2) is 8.27. The second-order valence-corrected chi connectivity index (χ2v) is 11.1. The minimum absolute atomic E-state index is 0.167. The van der Waals surface area contributed by atoms with Crippen molar-refractivity contribution in [2.24, 2.45) is 7.05 Å². The van der Waals surface area contributed by atoms with Gasteiger partial charge in [0, 0.05) is 28.6 Å². The molecule has 8 nitrogen and oxygen atoms in total. The molecule has 172 valence electrons. The molecule has 3 heterocycles. The molecule has 5 rings (SSSR count). The Morgan fingerprint density at radius 1 is 1.15 bits per heavy atom. The monoisotopic (exact) mass is 482 g/mol. The Morgan fingerprint density at radius 3 is 2.58 bits per heavy atom. The van der Waals surface area contributed by atoms with Crippen LogP contribution in [0, 0.1) is 13.8 Å². The molecule has 0 atom stereocenters. The molecule has 10 heteroatoms. The van der Waals surface area contributed by atoms with E-state index >= 15 is 0 Å². The van der Waals surface area contributed by atoms with Gasteiger partial charge in [-0.3, -0.25) is 23.3 Å². The molecular weight excluding hydrogens is 456 g/mol. The molecule has 0 amide bonds. The Bertz CT molecular complexity index is 1470. The Balaban J connectivity index is 1.64. The molecule has 3 aromatic heterocycles. The van der Waals surface area contributed by atoms with Gasteiger partial charge in [-0.1, -0.05) is 0 Å². The summed E-state index contributed by atoms with van der Waals surface area (Å²) in [5.74, 6) is 0. The highest BCUT2D eigenvalue weighted by atomic mass is 32.2. The van der Waals surface area contributed by atoms with Crippen LogP contribution in [0.1, 0.15) is 41.0 Å². The van der Waals surface area contributed by atoms with E-state index in [-0.39, 0.29) is 23.3 Å². The third kappa shape index (κ3) is 4.42. The largest absolute Gasteiger partial charge is 0.332 e. The number of benzene rings is 1. The van der Waals surface area contributed by atoms with E-state index in [0.717, 1.165) is 39.0 Å². The predicted octanol–water partition coefficient (Wildman–Crippen LogP) is 3.22. The van der Waals surface area contributed by atoms with Crippen molar-refractivity contribution in [2.75, 3.05) is 0 Å². The number of fused-ring (bicyclic) bond motifs is 1. The minimum Gasteiger partial charge on any atom is -0.287 e. The maximum absolute atomic E-state index is 13.6. The summed E-state index contributed by atoms with van der Waals surface area (Å²) in [5, 5.41) is 5.84. The molecule has 0 saturated heterocycles. The van der Waals surface area contributed by atoms with Crippen molar-refractivity contribution < 1.29 is 0 Å². The maximum atomic E-state index is 13.6. The molecule has 33 heavy (non-hydrogen) atoms. The molecule has 1 saturated carbocycles. The number of aryl methyl sites for hydroxylation is 3. The van der Waals surface area contributed by atoms with Crippen LogP contribution in [0.25, 0.3) is 10.9 Å². The van der Waals surface area contributed by atoms with Crippen molar-refractivity contribution in [3.05, 3.63) is 72.6 Å². The smallest absolute Gasteiger partial charge is 0.287 e. The first-order chi connectivity index (χ1) is 15.7. The van der Waals surface area contributed by atoms with Crippen LogP contribution in [0.2, 0.25) is 0 Å². The molecule has 0 aliphatic heterocycles. The lowest BCUT2D eigenvalue weighted by molar-refractivity contribution is 0.608. The number of nitrogens with zero attached hydrogens (tertiary/aromatic N) is 5. The summed E-state index contributed by atoms with van der Waals surface area (Å²) in [7, 11) is 1.87. The van der Waals surface area contributed by atoms with Gasteiger partial charge >= 0.3 is 5.69 Å². The molecule has 1 fully saturated rings. The Morgan fingerprint density at radius 2 is 1.94 bits per heavy atom. The van der Waals surface area contributed by atoms with Crippen molar-refractivity contribution >= 4 is 34.2 Å². The van der Waals surface area contributed by atoms with E-state index in [4.69, 9.17) is 0 Å². The first kappa shape index (κ1) is 22.1. The molecule has 1 aromatic carbocycles. The number of hydrogen-bond acceptors (Lipinski definition) is 7. The van der Waals surface area contributed by atoms with Gasteiger partial charge in [0.15, 0.2) is 0 Å². The molecule has 1 aliphatic carbocycles. The third-order valence-electron chi connectivity index (χ3n) is 6.01. The predicted molar refractivity (Wildman–Crippen MR) is 132 cm³/mol. The molecule has 4 aromatic rings. The normalized spacial score (nSPS) is 14.8. The quantitative estimate of drug-likeness (QED) is 0.407. The van der Waals surface area contributed by atoms with Crippen LogP contribution in [-0.4, -0.2) is 29.4 Å². The van der Waals surface area contributed by atoms with Gasteiger partial charge in [0.1, 0.15) is 0 Å². The zero-order chi connectivity index (χ0) is 23.3. The van der Waals surface area contributed by atoms with Crippen molar-refractivity contribution in [3.63, 3.8) is 0 Å². The van der Waals surface area contributed by atoms with Crippen LogP contribution in [0.3, 0.4) is 0 Å². The first-order valence-corrected chi connectivity index (χ1v) is 12.5. The summed E-state index contributed by atoms with van der Waals surface area (Å²) < 4.78 is 8.26. The van der Waals surface area contributed by atoms with Gasteiger partial charge in [-0.25, -0.2) is 9.78 Å². The van der Waals surface area contributed by atoms with E-state index < -0.39 is 0 Å². The van der Waals surface area contributed by atoms with Gasteiger partial charge in [-0.05, 0) is 69.8 Å². The maximum Gasteiger partial charge on any atom is 0.332 e. The Kier molecular flexibility index (Phi) is 5.54. The van der Waals surface area contributed by atoms with Crippen LogP contribution >= 0.6 is 23.3 Å². The van der Waals surface area contributed by atoms with Crippen molar-refractivity contribution in [1.82, 2.24) is 28.6 Å². The number of rotatable bonds is 7. The first-order valence-electron chi connectivity index (χ1n) is 10.8. The lowest BCUT2D eigenvalue weighted by Crippen LogP contribution is -2.40. The fourth-order valence-corrected chi connectivity index (χ4v) is 5.50. The van der Waals surface area contributed by atoms with Gasteiger partial charge in [0.2, 0.25) is 0 Å². The van der Waals surface area contributed by atoms with Gasteiger partial charge in [0.25, 0.3) is 5.56 Å². The summed E-state index contributed by atoms with van der Waals surface area (Å²) in [6.45, 7) is 6.57. The van der Waals surface area contributed by atoms with Crippen LogP contribution in [-0.2, 0) is 20.1 Å². The van der Waals surface area contributed by atoms with Crippen LogP contribution < -0.4 is 16.0 Å². The summed E-state index contributed by atoms with van der Waals surface area (Å²) in [5.41, 5.74) is 1.97. The third-order valence-corrected chi connectivity index (χ3v) is 8.00. The highest BCUT2D eigenvalue weighted by molar-refractivity contribution is 7.97. The van der Waals surface area contributed by atoms with E-state index in [1.54, 1.807) is 15.4 Å². The van der Waals surface area contributed by atoms with E-state index in [0.29, 0.717) is 17.4 Å².